The summed E-state index contributed by atoms with van der Waals surface area (Å²) in [4.78, 5) is 14.4. The number of nitrogens with two attached hydrogens (primary N) is 1. The number of nitrogen functional groups attached to an aromatic ring is 1. The SMILES string of the molecule is Nc1ccc(C2CCCN2C(=O)c2ccc(F)cc2Cl)nn1. The van der Waals surface area contributed by atoms with E-state index in [1.54, 1.807) is 17.0 Å². The quantitative estimate of drug-likeness (QED) is 0.923. The van der Waals surface area contributed by atoms with Gasteiger partial charge in [-0.25, -0.2) is 4.39 Å². The number of likely N-dealkylation sites (tertiary alicyclic amines) is 1. The molecule has 1 amide bonds. The van der Waals surface area contributed by atoms with Crippen molar-refractivity contribution in [3.05, 3.63) is 52.4 Å². The number of hydrogen-bond acceptors (Lipinski definition) is 4. The number of carbonyl (C=O) groups is 1. The van der Waals surface area contributed by atoms with Crippen LogP contribution in [0, 0.1) is 5.82 Å². The van der Waals surface area contributed by atoms with E-state index >= 15 is 0 Å². The molecule has 1 aromatic heterocycles. The Balaban J connectivity index is 1.89. The summed E-state index contributed by atoms with van der Waals surface area (Å²) < 4.78 is 13.1. The average molecular weight is 321 g/mol. The number of anilines is 1. The minimum absolute atomic E-state index is 0.110. The zero-order valence-electron chi connectivity index (χ0n) is 11.7. The van der Waals surface area contributed by atoms with E-state index in [-0.39, 0.29) is 17.0 Å². The lowest BCUT2D eigenvalue weighted by Gasteiger charge is -2.24. The molecule has 3 rings (SSSR count). The third kappa shape index (κ3) is 2.74. The van der Waals surface area contributed by atoms with Gasteiger partial charge in [-0.1, -0.05) is 11.6 Å². The molecule has 2 N–H and O–H groups in total. The third-order valence-electron chi connectivity index (χ3n) is 3.72. The monoisotopic (exact) mass is 320 g/mol. The maximum atomic E-state index is 13.1. The second-order valence-electron chi connectivity index (χ2n) is 5.16. The molecule has 1 unspecified atom stereocenters. The first-order chi connectivity index (χ1) is 10.6. The predicted octanol–water partition coefficient (Wildman–Crippen LogP) is 2.83. The normalized spacial score (nSPS) is 17.7. The van der Waals surface area contributed by atoms with Gasteiger partial charge in [0.1, 0.15) is 11.6 Å². The number of carbonyl (C=O) groups excluding carboxylic acids is 1. The van der Waals surface area contributed by atoms with Crippen molar-refractivity contribution in [2.75, 3.05) is 12.3 Å². The van der Waals surface area contributed by atoms with Crippen molar-refractivity contribution < 1.29 is 9.18 Å². The summed E-state index contributed by atoms with van der Waals surface area (Å²) in [7, 11) is 0. The maximum Gasteiger partial charge on any atom is 0.255 e. The van der Waals surface area contributed by atoms with Crippen LogP contribution < -0.4 is 5.73 Å². The van der Waals surface area contributed by atoms with Crippen molar-refractivity contribution in [3.8, 4) is 0 Å². The minimum atomic E-state index is -0.469. The van der Waals surface area contributed by atoms with E-state index in [1.807, 2.05) is 0 Å². The van der Waals surface area contributed by atoms with Crippen molar-refractivity contribution in [2.24, 2.45) is 0 Å². The van der Waals surface area contributed by atoms with Crippen LogP contribution in [0.5, 0.6) is 0 Å². The Hall–Kier alpha value is -2.21. The van der Waals surface area contributed by atoms with Gasteiger partial charge in [-0.3, -0.25) is 4.79 Å². The van der Waals surface area contributed by atoms with Gasteiger partial charge < -0.3 is 10.6 Å². The lowest BCUT2D eigenvalue weighted by atomic mass is 10.1. The molecule has 0 radical (unpaired) electrons. The third-order valence-corrected chi connectivity index (χ3v) is 4.04. The number of aromatic nitrogens is 2. The van der Waals surface area contributed by atoms with E-state index < -0.39 is 5.82 Å². The summed E-state index contributed by atoms with van der Waals surface area (Å²) >= 11 is 5.99. The molecule has 2 heterocycles. The molecule has 22 heavy (non-hydrogen) atoms. The highest BCUT2D eigenvalue weighted by Gasteiger charge is 2.32. The smallest absolute Gasteiger partial charge is 0.255 e. The number of halogens is 2. The average Bonchev–Trinajstić information content (AvgIpc) is 2.97. The van der Waals surface area contributed by atoms with Gasteiger partial charge in [0.15, 0.2) is 0 Å². The molecule has 7 heteroatoms. The fourth-order valence-electron chi connectivity index (χ4n) is 2.67. The van der Waals surface area contributed by atoms with Crippen LogP contribution in [0.4, 0.5) is 10.2 Å². The topological polar surface area (TPSA) is 72.1 Å². The molecule has 1 aliphatic heterocycles. The molecule has 0 aliphatic carbocycles. The Bertz CT molecular complexity index is 707. The molecule has 1 fully saturated rings. The van der Waals surface area contributed by atoms with E-state index in [4.69, 9.17) is 17.3 Å². The molecule has 0 spiro atoms. The highest BCUT2D eigenvalue weighted by Crippen LogP contribution is 2.33. The van der Waals surface area contributed by atoms with E-state index in [0.29, 0.717) is 23.6 Å². The number of hydrogen-bond donors (Lipinski definition) is 1. The van der Waals surface area contributed by atoms with Crippen LogP contribution in [0.3, 0.4) is 0 Å². The Labute approximate surface area is 131 Å². The molecule has 114 valence electrons. The fourth-order valence-corrected chi connectivity index (χ4v) is 2.91. The minimum Gasteiger partial charge on any atom is -0.382 e. The molecule has 1 aliphatic rings. The van der Waals surface area contributed by atoms with Gasteiger partial charge >= 0.3 is 0 Å². The molecular weight excluding hydrogens is 307 g/mol. The molecule has 0 saturated carbocycles. The number of nitrogens with zero attached hydrogens (tertiary/aromatic N) is 3. The lowest BCUT2D eigenvalue weighted by molar-refractivity contribution is 0.0732. The highest BCUT2D eigenvalue weighted by molar-refractivity contribution is 6.33. The fraction of sp³-hybridized carbons (Fsp3) is 0.267. The van der Waals surface area contributed by atoms with Gasteiger partial charge in [-0.15, -0.1) is 5.10 Å². The maximum absolute atomic E-state index is 13.1. The number of benzene rings is 1. The van der Waals surface area contributed by atoms with Crippen LogP contribution in [0.1, 0.15) is 34.9 Å². The van der Waals surface area contributed by atoms with Crippen LogP contribution in [0.15, 0.2) is 30.3 Å². The second-order valence-corrected chi connectivity index (χ2v) is 5.57. The summed E-state index contributed by atoms with van der Waals surface area (Å²) in [6.45, 7) is 0.600. The van der Waals surface area contributed by atoms with E-state index in [0.717, 1.165) is 18.9 Å². The molecule has 1 aromatic carbocycles. The van der Waals surface area contributed by atoms with Crippen LogP contribution in [-0.2, 0) is 0 Å². The van der Waals surface area contributed by atoms with Gasteiger partial charge in [0, 0.05) is 6.54 Å². The standard InChI is InChI=1S/C15H14ClFN4O/c16-11-8-9(17)3-4-10(11)15(22)21-7-1-2-13(21)12-5-6-14(18)20-19-12/h3-6,8,13H,1-2,7H2,(H2,18,20). The van der Waals surface area contributed by atoms with Crippen LogP contribution >= 0.6 is 11.6 Å². The second kappa shape index (κ2) is 5.88. The number of rotatable bonds is 2. The summed E-state index contributed by atoms with van der Waals surface area (Å²) in [5, 5.41) is 8.01. The summed E-state index contributed by atoms with van der Waals surface area (Å²) in [6, 6.07) is 7.04. The van der Waals surface area contributed by atoms with Crippen molar-refractivity contribution >= 4 is 23.3 Å². The van der Waals surface area contributed by atoms with Gasteiger partial charge in [0.2, 0.25) is 0 Å². The zero-order valence-corrected chi connectivity index (χ0v) is 12.4. The van der Waals surface area contributed by atoms with Crippen molar-refractivity contribution in [1.82, 2.24) is 15.1 Å². The van der Waals surface area contributed by atoms with Crippen LogP contribution in [-0.4, -0.2) is 27.5 Å². The molecule has 0 bridgehead atoms. The zero-order chi connectivity index (χ0) is 15.7. The Morgan fingerprint density at radius 1 is 1.32 bits per heavy atom. The highest BCUT2D eigenvalue weighted by atomic mass is 35.5. The summed E-state index contributed by atoms with van der Waals surface area (Å²) in [5.41, 5.74) is 6.52. The van der Waals surface area contributed by atoms with E-state index in [9.17, 15) is 9.18 Å². The Morgan fingerprint density at radius 3 is 2.82 bits per heavy atom. The van der Waals surface area contributed by atoms with Crippen LogP contribution in [0.2, 0.25) is 5.02 Å². The molecule has 5 nitrogen and oxygen atoms in total. The first-order valence-electron chi connectivity index (χ1n) is 6.91. The largest absolute Gasteiger partial charge is 0.382 e. The molecule has 2 aromatic rings. The Kier molecular flexibility index (Phi) is 3.94. The van der Waals surface area contributed by atoms with Gasteiger partial charge in [0.25, 0.3) is 5.91 Å². The Morgan fingerprint density at radius 2 is 2.14 bits per heavy atom. The molecular formula is C15H14ClFN4O. The van der Waals surface area contributed by atoms with E-state index in [2.05, 4.69) is 10.2 Å². The van der Waals surface area contributed by atoms with Gasteiger partial charge in [-0.2, -0.15) is 5.10 Å². The van der Waals surface area contributed by atoms with E-state index in [1.165, 1.54) is 12.1 Å². The molecule has 1 saturated heterocycles. The first kappa shape index (κ1) is 14.7. The van der Waals surface area contributed by atoms with Crippen molar-refractivity contribution in [2.45, 2.75) is 18.9 Å². The summed E-state index contributed by atoms with van der Waals surface area (Å²) in [6.07, 6.45) is 1.66. The predicted molar refractivity (Wildman–Crippen MR) is 80.9 cm³/mol. The summed E-state index contributed by atoms with van der Waals surface area (Å²) in [5.74, 6) is -0.365. The van der Waals surface area contributed by atoms with Crippen LogP contribution in [0.25, 0.3) is 0 Å². The van der Waals surface area contributed by atoms with Crippen molar-refractivity contribution in [1.29, 1.82) is 0 Å². The van der Waals surface area contributed by atoms with Gasteiger partial charge in [0.05, 0.1) is 22.3 Å². The number of amides is 1. The van der Waals surface area contributed by atoms with Crippen molar-refractivity contribution in [3.63, 3.8) is 0 Å². The van der Waals surface area contributed by atoms with Gasteiger partial charge in [-0.05, 0) is 43.2 Å². The first-order valence-corrected chi connectivity index (χ1v) is 7.29. The lowest BCUT2D eigenvalue weighted by Crippen LogP contribution is -2.31. The molecule has 1 atom stereocenters.